The van der Waals surface area contributed by atoms with Crippen LogP contribution in [0.1, 0.15) is 6.92 Å². The Morgan fingerprint density at radius 2 is 1.75 bits per heavy atom. The Labute approximate surface area is 98.4 Å². The molecule has 7 heteroatoms. The van der Waals surface area contributed by atoms with Crippen molar-refractivity contribution in [3.63, 3.8) is 0 Å². The van der Waals surface area contributed by atoms with Crippen LogP contribution in [0.15, 0.2) is 0 Å². The molecule has 0 aromatic carbocycles. The highest BCUT2D eigenvalue weighted by Gasteiger charge is 2.47. The van der Waals surface area contributed by atoms with Gasteiger partial charge in [-0.1, -0.05) is 0 Å². The smallest absolute Gasteiger partial charge is 0.142 e. The summed E-state index contributed by atoms with van der Waals surface area (Å²) in [6.45, 7) is 1.54. The van der Waals surface area contributed by atoms with Gasteiger partial charge in [-0.25, -0.2) is 0 Å². The Balaban J connectivity index is 2.78. The van der Waals surface area contributed by atoms with E-state index in [1.807, 2.05) is 0 Å². The van der Waals surface area contributed by atoms with Gasteiger partial charge in [0.15, 0.2) is 0 Å². The highest BCUT2D eigenvalue weighted by Crippen LogP contribution is 2.28. The van der Waals surface area contributed by atoms with Crippen LogP contribution in [-0.4, -0.2) is 68.7 Å². The minimum absolute atomic E-state index is 0.563. The molecule has 0 saturated carbocycles. The lowest BCUT2D eigenvalue weighted by Gasteiger charge is -2.41. The van der Waals surface area contributed by atoms with E-state index in [0.29, 0.717) is 0 Å². The number of quaternary nitrogens is 1. The summed E-state index contributed by atoms with van der Waals surface area (Å²) in [5.74, 6) is 0. The van der Waals surface area contributed by atoms with Crippen molar-refractivity contribution in [3.05, 3.63) is 0 Å². The molecule has 0 spiro atoms. The van der Waals surface area contributed by atoms with Crippen LogP contribution in [0.3, 0.4) is 0 Å². The molecule has 7 N–H and O–H groups in total. The summed E-state index contributed by atoms with van der Waals surface area (Å²) in [5.41, 5.74) is 3.08. The van der Waals surface area contributed by atoms with Crippen molar-refractivity contribution in [3.8, 4) is 0 Å². The van der Waals surface area contributed by atoms with Crippen molar-refractivity contribution < 1.29 is 30.9 Å². The Morgan fingerprint density at radius 1 is 1.19 bits per heavy atom. The van der Waals surface area contributed by atoms with Gasteiger partial charge >= 0.3 is 0 Å². The predicted octanol–water partition coefficient (Wildman–Crippen LogP) is -2.85. The van der Waals surface area contributed by atoms with Crippen LogP contribution in [0.5, 0.6) is 0 Å². The molecule has 6 nitrogen and oxygen atoms in total. The molecule has 1 saturated heterocycles. The van der Waals surface area contributed by atoms with Crippen LogP contribution >= 0.6 is 11.8 Å². The molecular weight excluding hydrogens is 234 g/mol. The number of thioether (sulfide) groups is 1. The summed E-state index contributed by atoms with van der Waals surface area (Å²) < 4.78 is 5.43. The van der Waals surface area contributed by atoms with E-state index in [1.165, 1.54) is 11.8 Å². The molecule has 0 radical (unpaired) electrons. The summed E-state index contributed by atoms with van der Waals surface area (Å²) in [7, 11) is 0. The second kappa shape index (κ2) is 5.63. The average molecular weight is 254 g/mol. The number of aliphatic hydroxyl groups is 4. The molecule has 1 fully saturated rings. The van der Waals surface area contributed by atoms with Crippen LogP contribution in [-0.2, 0) is 4.74 Å². The molecular formula is C9H20NO5S+. The van der Waals surface area contributed by atoms with Crippen molar-refractivity contribution in [1.82, 2.24) is 0 Å². The molecule has 1 rings (SSSR count). The number of hydrogen-bond acceptors (Lipinski definition) is 6. The SMILES string of the molecule is CS[C@H]1O[C@H]([C@H]([NH3+])[C@@H](C)O)[C@H](O)[C@H](O)[C@H]1O. The molecule has 7 atom stereocenters. The minimum atomic E-state index is -1.28. The maximum absolute atomic E-state index is 9.75. The Hall–Kier alpha value is 0.110. The maximum atomic E-state index is 9.75. The first-order valence-corrected chi connectivity index (χ1v) is 6.42. The van der Waals surface area contributed by atoms with E-state index in [0.717, 1.165) is 0 Å². The molecule has 16 heavy (non-hydrogen) atoms. The van der Waals surface area contributed by atoms with Gasteiger partial charge in [0.25, 0.3) is 0 Å². The van der Waals surface area contributed by atoms with E-state index >= 15 is 0 Å². The second-order valence-electron chi connectivity index (χ2n) is 4.08. The molecule has 1 aliphatic heterocycles. The van der Waals surface area contributed by atoms with Crippen molar-refractivity contribution in [2.24, 2.45) is 0 Å². The molecule has 0 aromatic heterocycles. The first-order valence-electron chi connectivity index (χ1n) is 5.13. The van der Waals surface area contributed by atoms with Crippen LogP contribution in [0.4, 0.5) is 0 Å². The highest BCUT2D eigenvalue weighted by atomic mass is 32.2. The second-order valence-corrected chi connectivity index (χ2v) is 5.02. The van der Waals surface area contributed by atoms with Crippen molar-refractivity contribution >= 4 is 11.8 Å². The van der Waals surface area contributed by atoms with Crippen molar-refractivity contribution in [2.75, 3.05) is 6.26 Å². The summed E-state index contributed by atoms with van der Waals surface area (Å²) in [6, 6.07) is -0.563. The lowest BCUT2D eigenvalue weighted by Crippen LogP contribution is -2.76. The average Bonchev–Trinajstić information content (AvgIpc) is 2.25. The number of rotatable bonds is 3. The van der Waals surface area contributed by atoms with Gasteiger partial charge in [0.05, 0.1) is 0 Å². The molecule has 96 valence electrons. The lowest BCUT2D eigenvalue weighted by molar-refractivity contribution is -0.466. The molecule has 0 bridgehead atoms. The van der Waals surface area contributed by atoms with Crippen LogP contribution in [0, 0.1) is 0 Å². The van der Waals surface area contributed by atoms with Gasteiger partial charge in [0.2, 0.25) is 0 Å². The quantitative estimate of drug-likeness (QED) is 0.370. The zero-order valence-corrected chi connectivity index (χ0v) is 10.2. The normalized spacial score (nSPS) is 44.1. The molecule has 0 unspecified atom stereocenters. The van der Waals surface area contributed by atoms with Gasteiger partial charge in [0.1, 0.15) is 42.0 Å². The Morgan fingerprint density at radius 3 is 2.19 bits per heavy atom. The first-order chi connectivity index (χ1) is 7.40. The monoisotopic (exact) mass is 254 g/mol. The van der Waals surface area contributed by atoms with Gasteiger partial charge in [-0.3, -0.25) is 0 Å². The molecule has 0 aromatic rings. The van der Waals surface area contributed by atoms with Gasteiger partial charge in [0, 0.05) is 0 Å². The summed E-state index contributed by atoms with van der Waals surface area (Å²) >= 11 is 1.24. The number of ether oxygens (including phenoxy) is 1. The van der Waals surface area contributed by atoms with Crippen LogP contribution < -0.4 is 5.73 Å². The van der Waals surface area contributed by atoms with E-state index in [2.05, 4.69) is 5.73 Å². The highest BCUT2D eigenvalue weighted by molar-refractivity contribution is 7.99. The first kappa shape index (κ1) is 14.2. The summed E-state index contributed by atoms with van der Waals surface area (Å²) in [5, 5.41) is 38.4. The third-order valence-corrected chi connectivity index (χ3v) is 3.74. The van der Waals surface area contributed by atoms with Crippen LogP contribution in [0.25, 0.3) is 0 Å². The fourth-order valence-corrected chi connectivity index (χ4v) is 2.38. The summed E-state index contributed by atoms with van der Waals surface area (Å²) in [6.07, 6.45) is -3.46. The van der Waals surface area contributed by atoms with Crippen LogP contribution in [0.2, 0.25) is 0 Å². The fourth-order valence-electron chi connectivity index (χ4n) is 1.70. The van der Waals surface area contributed by atoms with E-state index in [1.54, 1.807) is 13.2 Å². The minimum Gasteiger partial charge on any atom is -0.387 e. The largest absolute Gasteiger partial charge is 0.387 e. The standard InChI is InChI=1S/C9H19NO5S/c1-3(11)4(10)8-6(13)5(12)7(14)9(15-8)16-2/h3-9,11-14H,10H2,1-2H3/p+1/t3-,4-,5+,6-,7-,8-,9-/m1/s1. The van der Waals surface area contributed by atoms with Gasteiger partial charge in [-0.05, 0) is 13.2 Å². The fraction of sp³-hybridized carbons (Fsp3) is 1.00. The predicted molar refractivity (Wildman–Crippen MR) is 58.6 cm³/mol. The molecule has 1 aliphatic rings. The van der Waals surface area contributed by atoms with Crippen molar-refractivity contribution in [1.29, 1.82) is 0 Å². The van der Waals surface area contributed by atoms with E-state index < -0.39 is 42.0 Å². The number of hydrogen-bond donors (Lipinski definition) is 5. The van der Waals surface area contributed by atoms with Gasteiger partial charge in [-0.2, -0.15) is 0 Å². The number of aliphatic hydroxyl groups excluding tert-OH is 4. The van der Waals surface area contributed by atoms with Crippen molar-refractivity contribution in [2.45, 2.75) is 48.9 Å². The van der Waals surface area contributed by atoms with Gasteiger partial charge in [-0.15, -0.1) is 11.8 Å². The maximum Gasteiger partial charge on any atom is 0.142 e. The Bertz CT molecular complexity index is 228. The molecule has 0 amide bonds. The molecule has 0 aliphatic carbocycles. The summed E-state index contributed by atoms with van der Waals surface area (Å²) in [4.78, 5) is 0. The van der Waals surface area contributed by atoms with E-state index in [-0.39, 0.29) is 0 Å². The Kier molecular flexibility index (Phi) is 4.99. The molecule has 1 heterocycles. The zero-order valence-electron chi connectivity index (χ0n) is 9.35. The lowest BCUT2D eigenvalue weighted by atomic mass is 9.93. The third-order valence-electron chi connectivity index (χ3n) is 2.88. The third kappa shape index (κ3) is 2.67. The van der Waals surface area contributed by atoms with E-state index in [9.17, 15) is 20.4 Å². The van der Waals surface area contributed by atoms with E-state index in [4.69, 9.17) is 4.74 Å². The van der Waals surface area contributed by atoms with Gasteiger partial charge < -0.3 is 30.9 Å². The topological polar surface area (TPSA) is 118 Å². The zero-order chi connectivity index (χ0) is 12.5.